The Bertz CT molecular complexity index is 1300. The number of nitrogens with zero attached hydrogens (tertiary/aromatic N) is 1. The highest BCUT2D eigenvalue weighted by atomic mass is 35.5. The molecule has 0 bridgehead atoms. The van der Waals surface area contributed by atoms with Gasteiger partial charge >= 0.3 is 0 Å². The fraction of sp³-hybridized carbons (Fsp3) is 0.0870. The van der Waals surface area contributed by atoms with Crippen LogP contribution < -0.4 is 5.14 Å². The van der Waals surface area contributed by atoms with Gasteiger partial charge in [-0.1, -0.05) is 54.1 Å². The lowest BCUT2D eigenvalue weighted by Crippen LogP contribution is -2.16. The molecule has 30 heavy (non-hydrogen) atoms. The lowest BCUT2D eigenvalue weighted by molar-refractivity contribution is 0.558. The summed E-state index contributed by atoms with van der Waals surface area (Å²) in [5.74, 6) is 0. The van der Waals surface area contributed by atoms with E-state index in [9.17, 15) is 8.42 Å². The van der Waals surface area contributed by atoms with Crippen LogP contribution in [-0.2, 0) is 16.4 Å². The Labute approximate surface area is 180 Å². The monoisotopic (exact) mass is 438 g/mol. The van der Waals surface area contributed by atoms with Crippen molar-refractivity contribution in [3.63, 3.8) is 0 Å². The summed E-state index contributed by atoms with van der Waals surface area (Å²) in [4.78, 5) is 4.30. The molecule has 0 unspecified atom stereocenters. The summed E-state index contributed by atoms with van der Waals surface area (Å²) < 4.78 is 30.3. The lowest BCUT2D eigenvalue weighted by Gasteiger charge is -2.16. The van der Waals surface area contributed by atoms with E-state index in [-0.39, 0.29) is 4.90 Å². The van der Waals surface area contributed by atoms with Gasteiger partial charge < -0.3 is 4.42 Å². The standard InChI is InChI=1S/C23H19ClN2O3S/c1-15-7-8-17(11-21(15)24)18-10-19(22-13-29-14-26-22)20(23(12-18)30(25,27)28)9-16-5-3-2-4-6-16/h2-8,10-14H,9H2,1H3,(H2,25,27,28). The first-order valence-electron chi connectivity index (χ1n) is 9.21. The molecular formula is C23H19ClN2O3S. The summed E-state index contributed by atoms with van der Waals surface area (Å²) in [5.41, 5.74) is 5.10. The van der Waals surface area contributed by atoms with Crippen LogP contribution in [0.15, 0.2) is 82.6 Å². The molecule has 0 saturated heterocycles. The van der Waals surface area contributed by atoms with Gasteiger partial charge in [0.05, 0.1) is 4.90 Å². The molecular weight excluding hydrogens is 420 g/mol. The smallest absolute Gasteiger partial charge is 0.238 e. The van der Waals surface area contributed by atoms with E-state index in [1.807, 2.05) is 61.5 Å². The number of sulfonamides is 1. The Morgan fingerprint density at radius 3 is 2.43 bits per heavy atom. The van der Waals surface area contributed by atoms with Gasteiger partial charge in [-0.15, -0.1) is 0 Å². The van der Waals surface area contributed by atoms with Crippen LogP contribution in [0.2, 0.25) is 5.02 Å². The number of halogens is 1. The molecule has 0 atom stereocenters. The Morgan fingerprint density at radius 2 is 1.80 bits per heavy atom. The predicted molar refractivity (Wildman–Crippen MR) is 118 cm³/mol. The van der Waals surface area contributed by atoms with Gasteiger partial charge in [-0.25, -0.2) is 18.5 Å². The topological polar surface area (TPSA) is 86.2 Å². The van der Waals surface area contributed by atoms with Crippen molar-refractivity contribution in [3.05, 3.63) is 95.0 Å². The van der Waals surface area contributed by atoms with Crippen molar-refractivity contribution in [1.82, 2.24) is 4.98 Å². The molecule has 3 aromatic carbocycles. The molecule has 0 fully saturated rings. The van der Waals surface area contributed by atoms with Crippen molar-refractivity contribution in [1.29, 1.82) is 0 Å². The number of aryl methyl sites for hydroxylation is 1. The molecule has 4 aromatic rings. The molecule has 152 valence electrons. The van der Waals surface area contributed by atoms with E-state index in [2.05, 4.69) is 4.98 Å². The quantitative estimate of drug-likeness (QED) is 0.463. The van der Waals surface area contributed by atoms with E-state index in [4.69, 9.17) is 21.2 Å². The van der Waals surface area contributed by atoms with Gasteiger partial charge in [-0.05, 0) is 59.4 Å². The summed E-state index contributed by atoms with van der Waals surface area (Å²) >= 11 is 6.30. The van der Waals surface area contributed by atoms with Crippen molar-refractivity contribution < 1.29 is 12.8 Å². The van der Waals surface area contributed by atoms with Crippen LogP contribution in [-0.4, -0.2) is 13.4 Å². The Hall–Kier alpha value is -2.93. The highest BCUT2D eigenvalue weighted by Gasteiger charge is 2.22. The van der Waals surface area contributed by atoms with Crippen LogP contribution in [0.1, 0.15) is 16.7 Å². The van der Waals surface area contributed by atoms with Gasteiger partial charge in [0.2, 0.25) is 10.0 Å². The van der Waals surface area contributed by atoms with Crippen LogP contribution in [0.4, 0.5) is 0 Å². The van der Waals surface area contributed by atoms with E-state index < -0.39 is 10.0 Å². The number of hydrogen-bond acceptors (Lipinski definition) is 4. The van der Waals surface area contributed by atoms with Gasteiger partial charge in [0.1, 0.15) is 12.0 Å². The Balaban J connectivity index is 1.99. The first-order chi connectivity index (χ1) is 14.3. The lowest BCUT2D eigenvalue weighted by atomic mass is 9.93. The molecule has 1 heterocycles. The fourth-order valence-electron chi connectivity index (χ4n) is 3.39. The molecule has 1 aromatic heterocycles. The first-order valence-corrected chi connectivity index (χ1v) is 11.1. The molecule has 0 spiro atoms. The predicted octanol–water partition coefficient (Wildman–Crippen LogP) is 5.21. The number of hydrogen-bond donors (Lipinski definition) is 1. The maximum atomic E-state index is 12.6. The maximum Gasteiger partial charge on any atom is 0.238 e. The number of nitrogens with two attached hydrogens (primary N) is 1. The second-order valence-corrected chi connectivity index (χ2v) is 8.98. The minimum atomic E-state index is -4.01. The molecule has 7 heteroatoms. The third-order valence-electron chi connectivity index (χ3n) is 4.95. The van der Waals surface area contributed by atoms with Gasteiger partial charge in [0.15, 0.2) is 6.39 Å². The molecule has 0 aliphatic rings. The van der Waals surface area contributed by atoms with Crippen LogP contribution >= 0.6 is 11.6 Å². The number of aromatic nitrogens is 1. The average Bonchev–Trinajstić information content (AvgIpc) is 3.25. The summed E-state index contributed by atoms with van der Waals surface area (Å²) in [6.07, 6.45) is 3.18. The molecule has 4 rings (SSSR count). The number of rotatable bonds is 5. The van der Waals surface area contributed by atoms with E-state index in [0.717, 1.165) is 16.7 Å². The van der Waals surface area contributed by atoms with E-state index >= 15 is 0 Å². The molecule has 0 saturated carbocycles. The van der Waals surface area contributed by atoms with Crippen molar-refractivity contribution in [2.45, 2.75) is 18.2 Å². The van der Waals surface area contributed by atoms with E-state index in [1.165, 1.54) is 12.7 Å². The normalized spacial score (nSPS) is 11.6. The highest BCUT2D eigenvalue weighted by molar-refractivity contribution is 7.89. The van der Waals surface area contributed by atoms with Crippen LogP contribution in [0.25, 0.3) is 22.4 Å². The van der Waals surface area contributed by atoms with Crippen LogP contribution in [0, 0.1) is 6.92 Å². The minimum Gasteiger partial charge on any atom is -0.451 e. The van der Waals surface area contributed by atoms with Crippen LogP contribution in [0.5, 0.6) is 0 Å². The number of oxazole rings is 1. The molecule has 0 aliphatic heterocycles. The maximum absolute atomic E-state index is 12.6. The minimum absolute atomic E-state index is 0.0542. The summed E-state index contributed by atoms with van der Waals surface area (Å²) in [6, 6.07) is 18.7. The second-order valence-electron chi connectivity index (χ2n) is 7.05. The Kier molecular flexibility index (Phi) is 5.47. The average molecular weight is 439 g/mol. The third kappa shape index (κ3) is 4.16. The third-order valence-corrected chi connectivity index (χ3v) is 6.34. The zero-order valence-corrected chi connectivity index (χ0v) is 17.7. The molecule has 0 aliphatic carbocycles. The Morgan fingerprint density at radius 1 is 1.03 bits per heavy atom. The largest absolute Gasteiger partial charge is 0.451 e. The van der Waals surface area contributed by atoms with Crippen LogP contribution in [0.3, 0.4) is 0 Å². The summed E-state index contributed by atoms with van der Waals surface area (Å²) in [5, 5.41) is 6.23. The van der Waals surface area contributed by atoms with Crippen molar-refractivity contribution in [2.75, 3.05) is 0 Å². The fourth-order valence-corrected chi connectivity index (χ4v) is 4.39. The molecule has 5 nitrogen and oxygen atoms in total. The molecule has 2 N–H and O–H groups in total. The first kappa shape index (κ1) is 20.3. The van der Waals surface area contributed by atoms with Crippen molar-refractivity contribution in [3.8, 4) is 22.4 Å². The summed E-state index contributed by atoms with van der Waals surface area (Å²) in [7, 11) is -4.01. The SMILES string of the molecule is Cc1ccc(-c2cc(-c3cocn3)c(Cc3ccccc3)c(S(N)(=O)=O)c2)cc1Cl. The zero-order valence-electron chi connectivity index (χ0n) is 16.2. The van der Waals surface area contributed by atoms with Crippen molar-refractivity contribution >= 4 is 21.6 Å². The van der Waals surface area contributed by atoms with Gasteiger partial charge in [0.25, 0.3) is 0 Å². The second kappa shape index (κ2) is 8.07. The highest BCUT2D eigenvalue weighted by Crippen LogP contribution is 2.36. The van der Waals surface area contributed by atoms with Gasteiger partial charge in [-0.2, -0.15) is 0 Å². The zero-order chi connectivity index (χ0) is 21.3. The molecule has 0 radical (unpaired) electrons. The number of primary sulfonamides is 1. The van der Waals surface area contributed by atoms with Crippen molar-refractivity contribution in [2.24, 2.45) is 5.14 Å². The summed E-state index contributed by atoms with van der Waals surface area (Å²) in [6.45, 7) is 1.91. The van der Waals surface area contributed by atoms with E-state index in [0.29, 0.717) is 33.8 Å². The van der Waals surface area contributed by atoms with Gasteiger partial charge in [-0.3, -0.25) is 0 Å². The number of benzene rings is 3. The molecule has 0 amide bonds. The van der Waals surface area contributed by atoms with E-state index in [1.54, 1.807) is 6.07 Å². The van der Waals surface area contributed by atoms with Gasteiger partial charge in [0, 0.05) is 10.6 Å².